The van der Waals surface area contributed by atoms with Crippen LogP contribution in [0.5, 0.6) is 0 Å². The molecule has 0 spiro atoms. The van der Waals surface area contributed by atoms with Crippen molar-refractivity contribution in [2.24, 2.45) is 11.8 Å². The highest BCUT2D eigenvalue weighted by Gasteiger charge is 2.33. The number of hydrogen-bond acceptors (Lipinski definition) is 2. The van der Waals surface area contributed by atoms with Gasteiger partial charge in [-0.3, -0.25) is 0 Å². The molecule has 0 amide bonds. The number of aliphatic hydroxyl groups excluding tert-OH is 1. The summed E-state index contributed by atoms with van der Waals surface area (Å²) in [7, 11) is 2.11. The fraction of sp³-hybridized carbons (Fsp3) is 0.625. The first-order valence-electron chi connectivity index (χ1n) is 7.05. The van der Waals surface area contributed by atoms with Crippen molar-refractivity contribution >= 4 is 0 Å². The van der Waals surface area contributed by atoms with Crippen LogP contribution in [0.25, 0.3) is 0 Å². The Hall–Kier alpha value is -0.860. The van der Waals surface area contributed by atoms with Gasteiger partial charge < -0.3 is 10.0 Å². The molecule has 1 aromatic rings. The van der Waals surface area contributed by atoms with Crippen LogP contribution in [0.3, 0.4) is 0 Å². The summed E-state index contributed by atoms with van der Waals surface area (Å²) in [6.07, 6.45) is 2.04. The highest BCUT2D eigenvalue weighted by Crippen LogP contribution is 2.38. The van der Waals surface area contributed by atoms with Crippen LogP contribution in [0.4, 0.5) is 0 Å². The topological polar surface area (TPSA) is 23.5 Å². The molecule has 1 N–H and O–H groups in total. The van der Waals surface area contributed by atoms with Crippen molar-refractivity contribution in [2.75, 3.05) is 20.1 Å². The van der Waals surface area contributed by atoms with E-state index in [4.69, 9.17) is 0 Å². The molecular weight excluding hydrogens is 222 g/mol. The van der Waals surface area contributed by atoms with Gasteiger partial charge in [0.05, 0.1) is 6.10 Å². The summed E-state index contributed by atoms with van der Waals surface area (Å²) in [6, 6.07) is 8.33. The van der Waals surface area contributed by atoms with Gasteiger partial charge in [-0.25, -0.2) is 0 Å². The fourth-order valence-corrected chi connectivity index (χ4v) is 2.50. The molecule has 2 rings (SSSR count). The molecule has 18 heavy (non-hydrogen) atoms. The third kappa shape index (κ3) is 3.56. The van der Waals surface area contributed by atoms with E-state index in [1.54, 1.807) is 0 Å². The monoisotopic (exact) mass is 247 g/mol. The van der Waals surface area contributed by atoms with Gasteiger partial charge in [-0.2, -0.15) is 0 Å². The quantitative estimate of drug-likeness (QED) is 0.835. The minimum atomic E-state index is -0.366. The SMILES string of the molecule is CCc1ccc(C(O)CN(C)CC2CC2C)cc1. The molecule has 3 unspecified atom stereocenters. The smallest absolute Gasteiger partial charge is 0.0916 e. The number of likely N-dealkylation sites (N-methyl/N-ethyl adjacent to an activating group) is 1. The summed E-state index contributed by atoms with van der Waals surface area (Å²) < 4.78 is 0. The maximum atomic E-state index is 10.2. The lowest BCUT2D eigenvalue weighted by molar-refractivity contribution is 0.124. The summed E-state index contributed by atoms with van der Waals surface area (Å²) in [5.41, 5.74) is 2.36. The molecule has 2 heteroatoms. The first-order valence-corrected chi connectivity index (χ1v) is 7.05. The standard InChI is InChI=1S/C16H25NO/c1-4-13-5-7-14(8-6-13)16(18)11-17(3)10-15-9-12(15)2/h5-8,12,15-16,18H,4,9-11H2,1-3H3. The molecule has 0 radical (unpaired) electrons. The van der Waals surface area contributed by atoms with Crippen LogP contribution in [-0.2, 0) is 6.42 Å². The van der Waals surface area contributed by atoms with Crippen LogP contribution >= 0.6 is 0 Å². The number of aliphatic hydroxyl groups is 1. The lowest BCUT2D eigenvalue weighted by Gasteiger charge is -2.21. The van der Waals surface area contributed by atoms with Crippen LogP contribution in [0, 0.1) is 11.8 Å². The zero-order valence-corrected chi connectivity index (χ0v) is 11.8. The Morgan fingerprint density at radius 2 is 1.94 bits per heavy atom. The van der Waals surface area contributed by atoms with Crippen molar-refractivity contribution < 1.29 is 5.11 Å². The van der Waals surface area contributed by atoms with E-state index in [2.05, 4.69) is 50.1 Å². The van der Waals surface area contributed by atoms with Gasteiger partial charge in [-0.15, -0.1) is 0 Å². The van der Waals surface area contributed by atoms with Crippen molar-refractivity contribution in [1.82, 2.24) is 4.90 Å². The van der Waals surface area contributed by atoms with Crippen LogP contribution < -0.4 is 0 Å². The van der Waals surface area contributed by atoms with Gasteiger partial charge in [-0.05, 0) is 42.9 Å². The minimum Gasteiger partial charge on any atom is -0.387 e. The van der Waals surface area contributed by atoms with E-state index in [1.807, 2.05) is 0 Å². The molecule has 3 atom stereocenters. The van der Waals surface area contributed by atoms with Crippen molar-refractivity contribution in [3.05, 3.63) is 35.4 Å². The maximum absolute atomic E-state index is 10.2. The summed E-state index contributed by atoms with van der Waals surface area (Å²) in [4.78, 5) is 2.26. The lowest BCUT2D eigenvalue weighted by atomic mass is 10.1. The zero-order valence-electron chi connectivity index (χ0n) is 11.8. The largest absolute Gasteiger partial charge is 0.387 e. The molecular formula is C16H25NO. The average molecular weight is 247 g/mol. The van der Waals surface area contributed by atoms with Crippen LogP contribution in [0.15, 0.2) is 24.3 Å². The normalized spacial score (nSPS) is 24.3. The third-order valence-electron chi connectivity index (χ3n) is 4.08. The van der Waals surface area contributed by atoms with Crippen molar-refractivity contribution in [2.45, 2.75) is 32.8 Å². The van der Waals surface area contributed by atoms with Crippen LogP contribution in [-0.4, -0.2) is 30.1 Å². The predicted molar refractivity (Wildman–Crippen MR) is 75.5 cm³/mol. The second-order valence-corrected chi connectivity index (χ2v) is 5.81. The van der Waals surface area contributed by atoms with Crippen LogP contribution in [0.2, 0.25) is 0 Å². The van der Waals surface area contributed by atoms with Crippen molar-refractivity contribution in [3.63, 3.8) is 0 Å². The number of nitrogens with zero attached hydrogens (tertiary/aromatic N) is 1. The van der Waals surface area contributed by atoms with Gasteiger partial charge in [0, 0.05) is 13.1 Å². The minimum absolute atomic E-state index is 0.366. The third-order valence-corrected chi connectivity index (χ3v) is 4.08. The Labute approximate surface area is 111 Å². The molecule has 1 saturated carbocycles. The molecule has 100 valence electrons. The highest BCUT2D eigenvalue weighted by atomic mass is 16.3. The Kier molecular flexibility index (Phi) is 4.41. The van der Waals surface area contributed by atoms with Gasteiger partial charge in [-0.1, -0.05) is 38.1 Å². The zero-order chi connectivity index (χ0) is 13.1. The van der Waals surface area contributed by atoms with Gasteiger partial charge in [0.25, 0.3) is 0 Å². The summed E-state index contributed by atoms with van der Waals surface area (Å²) in [5.74, 6) is 1.73. The van der Waals surface area contributed by atoms with E-state index in [9.17, 15) is 5.11 Å². The molecule has 0 aliphatic heterocycles. The second-order valence-electron chi connectivity index (χ2n) is 5.81. The summed E-state index contributed by atoms with van der Waals surface area (Å²) >= 11 is 0. The summed E-state index contributed by atoms with van der Waals surface area (Å²) in [6.45, 7) is 6.30. The van der Waals surface area contributed by atoms with E-state index in [-0.39, 0.29) is 6.10 Å². The molecule has 0 bridgehead atoms. The predicted octanol–water partition coefficient (Wildman–Crippen LogP) is 2.87. The van der Waals surface area contributed by atoms with E-state index >= 15 is 0 Å². The number of benzene rings is 1. The molecule has 1 aliphatic rings. The van der Waals surface area contributed by atoms with E-state index in [1.165, 1.54) is 12.0 Å². The highest BCUT2D eigenvalue weighted by molar-refractivity contribution is 5.24. The average Bonchev–Trinajstić information content (AvgIpc) is 3.04. The molecule has 1 aromatic carbocycles. The molecule has 0 aromatic heterocycles. The number of aryl methyl sites for hydroxylation is 1. The van der Waals surface area contributed by atoms with E-state index in [0.29, 0.717) is 0 Å². The van der Waals surface area contributed by atoms with Crippen molar-refractivity contribution in [1.29, 1.82) is 0 Å². The van der Waals surface area contributed by atoms with Crippen LogP contribution in [0.1, 0.15) is 37.5 Å². The van der Waals surface area contributed by atoms with E-state index < -0.39 is 0 Å². The molecule has 1 fully saturated rings. The lowest BCUT2D eigenvalue weighted by Crippen LogP contribution is -2.27. The second kappa shape index (κ2) is 5.85. The first-order chi connectivity index (χ1) is 8.60. The molecule has 2 nitrogen and oxygen atoms in total. The maximum Gasteiger partial charge on any atom is 0.0916 e. The Bertz CT molecular complexity index is 373. The number of rotatable bonds is 6. The van der Waals surface area contributed by atoms with Gasteiger partial charge in [0.1, 0.15) is 0 Å². The van der Waals surface area contributed by atoms with Gasteiger partial charge >= 0.3 is 0 Å². The van der Waals surface area contributed by atoms with Gasteiger partial charge in [0.15, 0.2) is 0 Å². The molecule has 0 saturated heterocycles. The summed E-state index contributed by atoms with van der Waals surface area (Å²) in [5, 5.41) is 10.2. The number of hydrogen-bond donors (Lipinski definition) is 1. The van der Waals surface area contributed by atoms with Gasteiger partial charge in [0.2, 0.25) is 0 Å². The fourth-order valence-electron chi connectivity index (χ4n) is 2.50. The Morgan fingerprint density at radius 3 is 2.44 bits per heavy atom. The first kappa shape index (κ1) is 13.6. The Balaban J connectivity index is 1.83. The Morgan fingerprint density at radius 1 is 1.33 bits per heavy atom. The van der Waals surface area contributed by atoms with E-state index in [0.717, 1.165) is 36.9 Å². The van der Waals surface area contributed by atoms with Crippen molar-refractivity contribution in [3.8, 4) is 0 Å². The molecule has 1 aliphatic carbocycles. The molecule has 0 heterocycles.